The monoisotopic (exact) mass is 210 g/mol. The van der Waals surface area contributed by atoms with E-state index in [0.29, 0.717) is 5.57 Å². The van der Waals surface area contributed by atoms with E-state index in [2.05, 4.69) is 0 Å². The van der Waals surface area contributed by atoms with E-state index < -0.39 is 8.32 Å². The second-order valence-electron chi connectivity index (χ2n) is 3.89. The summed E-state index contributed by atoms with van der Waals surface area (Å²) >= 11 is 0. The summed E-state index contributed by atoms with van der Waals surface area (Å²) in [6.07, 6.45) is 7.90. The minimum absolute atomic E-state index is 0.282. The van der Waals surface area contributed by atoms with Crippen molar-refractivity contribution in [1.82, 2.24) is 0 Å². The van der Waals surface area contributed by atoms with E-state index in [1.807, 2.05) is 19.6 Å². The van der Waals surface area contributed by atoms with Crippen molar-refractivity contribution in [3.63, 3.8) is 0 Å². The van der Waals surface area contributed by atoms with Crippen LogP contribution >= 0.6 is 0 Å². The normalized spacial score (nSPS) is 15.5. The maximum atomic E-state index is 11.6. The molecule has 0 aromatic heterocycles. The third-order valence-corrected chi connectivity index (χ3v) is 2.19. The second kappa shape index (κ2) is 4.28. The molecule has 0 fully saturated rings. The fraction of sp³-hybridized carbons (Fsp3) is 0.300. The van der Waals surface area contributed by atoms with Crippen molar-refractivity contribution in [3.05, 3.63) is 36.3 Å². The third kappa shape index (κ3) is 3.61. The first kappa shape index (κ1) is 10.8. The molecule has 0 aromatic rings. The summed E-state index contributed by atoms with van der Waals surface area (Å²) in [7, 11) is -1.81. The molecule has 0 atom stereocenters. The van der Waals surface area contributed by atoms with Gasteiger partial charge in [0.1, 0.15) is 0 Å². The smallest absolute Gasteiger partial charge is 0.324 e. The summed E-state index contributed by atoms with van der Waals surface area (Å²) in [5, 5.41) is 0. The van der Waals surface area contributed by atoms with Gasteiger partial charge in [0.15, 0.2) is 0 Å². The number of carbonyl (C=O) groups is 1. The Hall–Kier alpha value is -1.29. The van der Waals surface area contributed by atoms with Crippen molar-refractivity contribution in [3.8, 4) is 0 Å². The molecule has 0 unspecified atom stereocenters. The minimum atomic E-state index is -1.81. The molecule has 0 spiro atoms. The Labute approximate surface area is 84.8 Å². The number of allylic oxidation sites excluding steroid dienone is 2. The standard InChI is InChI=1S/C10H14O3Si/c1-14(2,3)13-10(11)9-5-4-7-12-8-6-9/h4-8H,1-3H3. The maximum Gasteiger partial charge on any atom is 0.324 e. The van der Waals surface area contributed by atoms with Crippen molar-refractivity contribution in [2.45, 2.75) is 19.6 Å². The van der Waals surface area contributed by atoms with E-state index in [0.717, 1.165) is 0 Å². The lowest BCUT2D eigenvalue weighted by Crippen LogP contribution is -2.29. The molecule has 4 heteroatoms. The van der Waals surface area contributed by atoms with Gasteiger partial charge >= 0.3 is 5.97 Å². The summed E-state index contributed by atoms with van der Waals surface area (Å²) in [6.45, 7) is 5.91. The van der Waals surface area contributed by atoms with Crippen LogP contribution in [0.4, 0.5) is 0 Å². The molecule has 1 aliphatic rings. The quantitative estimate of drug-likeness (QED) is 0.656. The SMILES string of the molecule is C[Si](C)(C)OC(=O)C1=CC=COC=C1. The third-order valence-electron chi connectivity index (χ3n) is 1.39. The second-order valence-corrected chi connectivity index (χ2v) is 8.32. The van der Waals surface area contributed by atoms with Crippen molar-refractivity contribution < 1.29 is 14.0 Å². The minimum Gasteiger partial charge on any atom is -0.516 e. The van der Waals surface area contributed by atoms with Crippen molar-refractivity contribution >= 4 is 14.3 Å². The summed E-state index contributed by atoms with van der Waals surface area (Å²) in [6, 6.07) is 0. The van der Waals surface area contributed by atoms with E-state index in [-0.39, 0.29) is 5.97 Å². The van der Waals surface area contributed by atoms with Gasteiger partial charge in [-0.1, -0.05) is 0 Å². The topological polar surface area (TPSA) is 35.5 Å². The Morgan fingerprint density at radius 2 is 2.07 bits per heavy atom. The highest BCUT2D eigenvalue weighted by molar-refractivity contribution is 6.71. The van der Waals surface area contributed by atoms with Crippen LogP contribution in [0, 0.1) is 0 Å². The lowest BCUT2D eigenvalue weighted by molar-refractivity contribution is -0.130. The molecule has 1 heterocycles. The number of rotatable bonds is 2. The Balaban J connectivity index is 2.69. The van der Waals surface area contributed by atoms with E-state index in [9.17, 15) is 4.79 Å². The van der Waals surface area contributed by atoms with Crippen LogP contribution in [0.1, 0.15) is 0 Å². The highest BCUT2D eigenvalue weighted by atomic mass is 28.4. The fourth-order valence-corrected chi connectivity index (χ4v) is 1.55. The predicted octanol–water partition coefficient (Wildman–Crippen LogP) is 2.35. The van der Waals surface area contributed by atoms with Gasteiger partial charge in [-0.25, -0.2) is 4.79 Å². The van der Waals surface area contributed by atoms with Crippen LogP contribution in [0.2, 0.25) is 19.6 Å². The van der Waals surface area contributed by atoms with Crippen molar-refractivity contribution in [2.75, 3.05) is 0 Å². The van der Waals surface area contributed by atoms with Gasteiger partial charge in [0.2, 0.25) is 8.32 Å². The van der Waals surface area contributed by atoms with E-state index in [1.54, 1.807) is 18.2 Å². The molecule has 0 N–H and O–H groups in total. The van der Waals surface area contributed by atoms with Crippen LogP contribution in [0.3, 0.4) is 0 Å². The summed E-state index contributed by atoms with van der Waals surface area (Å²) in [5.41, 5.74) is 0.515. The van der Waals surface area contributed by atoms with Gasteiger partial charge in [0.05, 0.1) is 18.1 Å². The summed E-state index contributed by atoms with van der Waals surface area (Å²) in [5.74, 6) is -0.282. The molecule has 3 nitrogen and oxygen atoms in total. The molecule has 76 valence electrons. The lowest BCUT2D eigenvalue weighted by Gasteiger charge is -2.17. The maximum absolute atomic E-state index is 11.6. The van der Waals surface area contributed by atoms with Crippen LogP contribution in [0.15, 0.2) is 36.3 Å². The molecule has 0 amide bonds. The van der Waals surface area contributed by atoms with Crippen LogP contribution in [0.25, 0.3) is 0 Å². The molecule has 0 saturated heterocycles. The van der Waals surface area contributed by atoms with Gasteiger partial charge in [-0.3, -0.25) is 0 Å². The van der Waals surface area contributed by atoms with Gasteiger partial charge in [-0.2, -0.15) is 0 Å². The summed E-state index contributed by atoms with van der Waals surface area (Å²) < 4.78 is 10.2. The number of hydrogen-bond donors (Lipinski definition) is 0. The van der Waals surface area contributed by atoms with Crippen LogP contribution in [0.5, 0.6) is 0 Å². The molecule has 0 radical (unpaired) electrons. The van der Waals surface area contributed by atoms with Crippen LogP contribution in [-0.4, -0.2) is 14.3 Å². The molecular formula is C10H14O3Si. The molecule has 0 bridgehead atoms. The molecule has 0 aromatic carbocycles. The van der Waals surface area contributed by atoms with Crippen molar-refractivity contribution in [1.29, 1.82) is 0 Å². The van der Waals surface area contributed by atoms with Gasteiger partial charge in [-0.15, -0.1) is 0 Å². The van der Waals surface area contributed by atoms with E-state index in [4.69, 9.17) is 9.16 Å². The highest BCUT2D eigenvalue weighted by Gasteiger charge is 2.21. The lowest BCUT2D eigenvalue weighted by atomic mass is 10.2. The molecular weight excluding hydrogens is 196 g/mol. The predicted molar refractivity (Wildman–Crippen MR) is 56.9 cm³/mol. The van der Waals surface area contributed by atoms with E-state index in [1.165, 1.54) is 12.5 Å². The molecule has 1 aliphatic heterocycles. The van der Waals surface area contributed by atoms with E-state index >= 15 is 0 Å². The van der Waals surface area contributed by atoms with Gasteiger partial charge < -0.3 is 9.16 Å². The molecule has 1 rings (SSSR count). The number of ether oxygens (including phenoxy) is 1. The number of carbonyl (C=O) groups excluding carboxylic acids is 1. The Bertz CT molecular complexity index is 308. The van der Waals surface area contributed by atoms with Crippen LogP contribution in [-0.2, 0) is 14.0 Å². The Kier molecular flexibility index (Phi) is 3.30. The van der Waals surface area contributed by atoms with Gasteiger partial charge in [-0.05, 0) is 37.9 Å². The largest absolute Gasteiger partial charge is 0.516 e. The molecule has 0 saturated carbocycles. The first-order valence-electron chi connectivity index (χ1n) is 4.41. The number of hydrogen-bond acceptors (Lipinski definition) is 3. The van der Waals surface area contributed by atoms with Crippen molar-refractivity contribution in [2.24, 2.45) is 0 Å². The van der Waals surface area contributed by atoms with Crippen LogP contribution < -0.4 is 0 Å². The average molecular weight is 210 g/mol. The zero-order valence-corrected chi connectivity index (χ0v) is 9.61. The average Bonchev–Trinajstić information content (AvgIpc) is 2.27. The highest BCUT2D eigenvalue weighted by Crippen LogP contribution is 2.10. The zero-order chi connectivity index (χ0) is 10.6. The molecule has 14 heavy (non-hydrogen) atoms. The Morgan fingerprint density at radius 1 is 1.36 bits per heavy atom. The first-order valence-corrected chi connectivity index (χ1v) is 7.82. The first-order chi connectivity index (χ1) is 6.49. The summed E-state index contributed by atoms with van der Waals surface area (Å²) in [4.78, 5) is 11.6. The Morgan fingerprint density at radius 3 is 2.71 bits per heavy atom. The zero-order valence-electron chi connectivity index (χ0n) is 8.61. The van der Waals surface area contributed by atoms with Gasteiger partial charge in [0, 0.05) is 0 Å². The fourth-order valence-electron chi connectivity index (χ4n) is 0.875. The molecule has 0 aliphatic carbocycles. The van der Waals surface area contributed by atoms with Gasteiger partial charge in [0.25, 0.3) is 0 Å².